The molecule has 0 aliphatic rings. The largest absolute Gasteiger partial charge is 0.466 e. The van der Waals surface area contributed by atoms with E-state index in [4.69, 9.17) is 10.5 Å². The monoisotopic (exact) mass is 273 g/mol. The van der Waals surface area contributed by atoms with Crippen molar-refractivity contribution in [2.24, 2.45) is 0 Å². The lowest BCUT2D eigenvalue weighted by molar-refractivity contribution is -0.143. The first kappa shape index (κ1) is 14.1. The molecule has 0 saturated carbocycles. The van der Waals surface area contributed by atoms with Crippen LogP contribution in [-0.2, 0) is 9.53 Å². The Hall–Kier alpha value is -2.30. The fourth-order valence-electron chi connectivity index (χ4n) is 2.06. The maximum absolute atomic E-state index is 11.2. The van der Waals surface area contributed by atoms with Crippen LogP contribution in [0.2, 0.25) is 0 Å². The van der Waals surface area contributed by atoms with Crippen molar-refractivity contribution < 1.29 is 9.53 Å². The van der Waals surface area contributed by atoms with E-state index >= 15 is 0 Å². The Balaban J connectivity index is 1.97. The maximum atomic E-state index is 11.2. The molecule has 20 heavy (non-hydrogen) atoms. The molecule has 1 heterocycles. The SMILES string of the molecule is CCOC(=O)CCCNc1ccc(N)c2ccncc12. The molecule has 106 valence electrons. The highest BCUT2D eigenvalue weighted by atomic mass is 16.5. The van der Waals surface area contributed by atoms with Crippen molar-refractivity contribution in [1.29, 1.82) is 0 Å². The van der Waals surface area contributed by atoms with E-state index in [1.807, 2.05) is 25.1 Å². The van der Waals surface area contributed by atoms with E-state index in [0.29, 0.717) is 19.6 Å². The maximum Gasteiger partial charge on any atom is 0.305 e. The van der Waals surface area contributed by atoms with Gasteiger partial charge in [0.15, 0.2) is 0 Å². The number of carbonyl (C=O) groups is 1. The summed E-state index contributed by atoms with van der Waals surface area (Å²) >= 11 is 0. The van der Waals surface area contributed by atoms with Crippen LogP contribution in [0.25, 0.3) is 10.8 Å². The molecule has 2 aromatic rings. The van der Waals surface area contributed by atoms with Gasteiger partial charge in [-0.25, -0.2) is 0 Å². The average molecular weight is 273 g/mol. The molecule has 0 unspecified atom stereocenters. The third-order valence-corrected chi connectivity index (χ3v) is 3.03. The highest BCUT2D eigenvalue weighted by molar-refractivity contribution is 6.00. The minimum atomic E-state index is -0.155. The quantitative estimate of drug-likeness (QED) is 0.480. The highest BCUT2D eigenvalue weighted by Crippen LogP contribution is 2.27. The van der Waals surface area contributed by atoms with Crippen molar-refractivity contribution in [3.63, 3.8) is 0 Å². The summed E-state index contributed by atoms with van der Waals surface area (Å²) in [5.74, 6) is -0.155. The first-order valence-corrected chi connectivity index (χ1v) is 6.74. The van der Waals surface area contributed by atoms with Gasteiger partial charge in [0.25, 0.3) is 0 Å². The fraction of sp³-hybridized carbons (Fsp3) is 0.333. The molecule has 0 amide bonds. The van der Waals surface area contributed by atoms with Crippen molar-refractivity contribution in [2.45, 2.75) is 19.8 Å². The van der Waals surface area contributed by atoms with Gasteiger partial charge in [0.1, 0.15) is 0 Å². The number of carbonyl (C=O) groups excluding carboxylic acids is 1. The van der Waals surface area contributed by atoms with E-state index in [-0.39, 0.29) is 5.97 Å². The average Bonchev–Trinajstić information content (AvgIpc) is 2.46. The van der Waals surface area contributed by atoms with E-state index in [0.717, 1.165) is 28.6 Å². The molecule has 0 radical (unpaired) electrons. The van der Waals surface area contributed by atoms with Crippen LogP contribution in [0.4, 0.5) is 11.4 Å². The van der Waals surface area contributed by atoms with Crippen LogP contribution in [0.1, 0.15) is 19.8 Å². The number of nitrogens with one attached hydrogen (secondary N) is 1. The number of nitrogen functional groups attached to an aromatic ring is 1. The van der Waals surface area contributed by atoms with Gasteiger partial charge < -0.3 is 15.8 Å². The molecule has 0 spiro atoms. The number of aromatic nitrogens is 1. The molecule has 0 fully saturated rings. The molecule has 3 N–H and O–H groups in total. The molecular formula is C15H19N3O2. The van der Waals surface area contributed by atoms with Gasteiger partial charge in [-0.15, -0.1) is 0 Å². The zero-order valence-corrected chi connectivity index (χ0v) is 11.6. The number of rotatable bonds is 6. The lowest BCUT2D eigenvalue weighted by atomic mass is 10.1. The Morgan fingerprint density at radius 3 is 3.00 bits per heavy atom. The normalized spacial score (nSPS) is 10.4. The molecule has 0 bridgehead atoms. The lowest BCUT2D eigenvalue weighted by Crippen LogP contribution is -2.08. The van der Waals surface area contributed by atoms with Crippen LogP contribution in [0, 0.1) is 0 Å². The van der Waals surface area contributed by atoms with Crippen LogP contribution in [0.15, 0.2) is 30.6 Å². The van der Waals surface area contributed by atoms with Crippen LogP contribution in [0.5, 0.6) is 0 Å². The number of pyridine rings is 1. The van der Waals surface area contributed by atoms with E-state index in [9.17, 15) is 4.79 Å². The Labute approximate surface area is 118 Å². The topological polar surface area (TPSA) is 77.2 Å². The third-order valence-electron chi connectivity index (χ3n) is 3.03. The second kappa shape index (κ2) is 6.75. The number of esters is 1. The van der Waals surface area contributed by atoms with E-state index < -0.39 is 0 Å². The molecule has 2 rings (SSSR count). The number of anilines is 2. The minimum absolute atomic E-state index is 0.155. The molecule has 0 aliphatic heterocycles. The molecule has 0 aliphatic carbocycles. The molecule has 5 heteroatoms. The Morgan fingerprint density at radius 1 is 1.35 bits per heavy atom. The zero-order chi connectivity index (χ0) is 14.4. The smallest absolute Gasteiger partial charge is 0.305 e. The van der Waals surface area contributed by atoms with Gasteiger partial charge in [-0.3, -0.25) is 9.78 Å². The van der Waals surface area contributed by atoms with Crippen LogP contribution >= 0.6 is 0 Å². The number of hydrogen-bond donors (Lipinski definition) is 2. The van der Waals surface area contributed by atoms with Gasteiger partial charge in [-0.1, -0.05) is 0 Å². The second-order valence-corrected chi connectivity index (χ2v) is 4.46. The predicted octanol–water partition coefficient (Wildman–Crippen LogP) is 2.57. The number of ether oxygens (including phenoxy) is 1. The molecule has 5 nitrogen and oxygen atoms in total. The molecular weight excluding hydrogens is 254 g/mol. The lowest BCUT2D eigenvalue weighted by Gasteiger charge is -2.10. The highest BCUT2D eigenvalue weighted by Gasteiger charge is 2.05. The minimum Gasteiger partial charge on any atom is -0.466 e. The Morgan fingerprint density at radius 2 is 2.20 bits per heavy atom. The fourth-order valence-corrected chi connectivity index (χ4v) is 2.06. The first-order chi connectivity index (χ1) is 9.72. The molecule has 1 aromatic carbocycles. The predicted molar refractivity (Wildman–Crippen MR) is 80.5 cm³/mol. The number of nitrogens with zero attached hydrogens (tertiary/aromatic N) is 1. The van der Waals surface area contributed by atoms with Gasteiger partial charge in [-0.05, 0) is 31.5 Å². The number of fused-ring (bicyclic) bond motifs is 1. The number of hydrogen-bond acceptors (Lipinski definition) is 5. The Bertz CT molecular complexity index is 599. The van der Waals surface area contributed by atoms with Crippen molar-refractivity contribution in [2.75, 3.05) is 24.2 Å². The van der Waals surface area contributed by atoms with Crippen molar-refractivity contribution >= 4 is 28.1 Å². The zero-order valence-electron chi connectivity index (χ0n) is 11.6. The number of nitrogens with two attached hydrogens (primary N) is 1. The summed E-state index contributed by atoms with van der Waals surface area (Å²) in [6, 6.07) is 5.70. The van der Waals surface area contributed by atoms with Crippen LogP contribution < -0.4 is 11.1 Å². The summed E-state index contributed by atoms with van der Waals surface area (Å²) in [6.07, 6.45) is 4.67. The van der Waals surface area contributed by atoms with Gasteiger partial charge >= 0.3 is 5.97 Å². The van der Waals surface area contributed by atoms with Gasteiger partial charge in [0.2, 0.25) is 0 Å². The summed E-state index contributed by atoms with van der Waals surface area (Å²) in [6.45, 7) is 2.94. The van der Waals surface area contributed by atoms with Gasteiger partial charge in [0, 0.05) is 47.5 Å². The molecule has 0 atom stereocenters. The Kier molecular flexibility index (Phi) is 4.76. The standard InChI is InChI=1S/C15H19N3O2/c1-2-20-15(19)4-3-8-18-14-6-5-13(16)11-7-9-17-10-12(11)14/h5-7,9-10,18H,2-4,8,16H2,1H3. The molecule has 1 aromatic heterocycles. The van der Waals surface area contributed by atoms with E-state index in [1.165, 1.54) is 0 Å². The van der Waals surface area contributed by atoms with Crippen LogP contribution in [0.3, 0.4) is 0 Å². The van der Waals surface area contributed by atoms with Gasteiger partial charge in [-0.2, -0.15) is 0 Å². The summed E-state index contributed by atoms with van der Waals surface area (Å²) in [7, 11) is 0. The summed E-state index contributed by atoms with van der Waals surface area (Å²) in [5.41, 5.74) is 7.65. The summed E-state index contributed by atoms with van der Waals surface area (Å²) in [5, 5.41) is 5.28. The van der Waals surface area contributed by atoms with E-state index in [2.05, 4.69) is 10.3 Å². The summed E-state index contributed by atoms with van der Waals surface area (Å²) < 4.78 is 4.89. The third kappa shape index (κ3) is 3.38. The van der Waals surface area contributed by atoms with Gasteiger partial charge in [0.05, 0.1) is 6.61 Å². The first-order valence-electron chi connectivity index (χ1n) is 6.74. The summed E-state index contributed by atoms with van der Waals surface area (Å²) in [4.78, 5) is 15.4. The second-order valence-electron chi connectivity index (χ2n) is 4.46. The van der Waals surface area contributed by atoms with Crippen molar-refractivity contribution in [3.8, 4) is 0 Å². The van der Waals surface area contributed by atoms with Crippen molar-refractivity contribution in [1.82, 2.24) is 4.98 Å². The number of benzene rings is 1. The van der Waals surface area contributed by atoms with E-state index in [1.54, 1.807) is 12.4 Å². The molecule has 0 saturated heterocycles. The van der Waals surface area contributed by atoms with Crippen molar-refractivity contribution in [3.05, 3.63) is 30.6 Å². The van der Waals surface area contributed by atoms with Crippen LogP contribution in [-0.4, -0.2) is 24.1 Å².